The molecule has 0 atom stereocenters. The molecule has 0 fully saturated rings. The van der Waals surface area contributed by atoms with Crippen molar-refractivity contribution in [1.82, 2.24) is 0 Å². The van der Waals surface area contributed by atoms with Crippen LogP contribution in [0.5, 0.6) is 5.75 Å². The Kier molecular flexibility index (Phi) is 4.74. The van der Waals surface area contributed by atoms with E-state index in [1.807, 2.05) is 55.5 Å². The van der Waals surface area contributed by atoms with Crippen molar-refractivity contribution in [2.45, 2.75) is 13.3 Å². The molecular formula is C16H15BrO2. The molecule has 0 bridgehead atoms. The van der Waals surface area contributed by atoms with E-state index in [1.165, 1.54) is 0 Å². The van der Waals surface area contributed by atoms with Crippen molar-refractivity contribution in [3.05, 3.63) is 64.1 Å². The van der Waals surface area contributed by atoms with Crippen LogP contribution in [0.3, 0.4) is 0 Å². The van der Waals surface area contributed by atoms with Crippen molar-refractivity contribution in [2.75, 3.05) is 6.61 Å². The van der Waals surface area contributed by atoms with Gasteiger partial charge in [-0.3, -0.25) is 4.79 Å². The van der Waals surface area contributed by atoms with Gasteiger partial charge in [-0.2, -0.15) is 0 Å². The smallest absolute Gasteiger partial charge is 0.170 e. The highest BCUT2D eigenvalue weighted by Crippen LogP contribution is 2.22. The van der Waals surface area contributed by atoms with Crippen LogP contribution in [0.25, 0.3) is 0 Å². The Labute approximate surface area is 121 Å². The van der Waals surface area contributed by atoms with Crippen LogP contribution in [0.1, 0.15) is 22.8 Å². The molecule has 0 radical (unpaired) electrons. The second-order valence-corrected chi connectivity index (χ2v) is 4.97. The number of benzene rings is 2. The summed E-state index contributed by atoms with van der Waals surface area (Å²) in [5.74, 6) is 0.720. The van der Waals surface area contributed by atoms with Gasteiger partial charge in [0.1, 0.15) is 5.75 Å². The third-order valence-electron chi connectivity index (χ3n) is 2.80. The van der Waals surface area contributed by atoms with E-state index in [4.69, 9.17) is 4.74 Å². The first-order valence-electron chi connectivity index (χ1n) is 6.20. The third kappa shape index (κ3) is 3.44. The topological polar surface area (TPSA) is 26.3 Å². The van der Waals surface area contributed by atoms with Crippen molar-refractivity contribution in [3.8, 4) is 5.75 Å². The lowest BCUT2D eigenvalue weighted by Crippen LogP contribution is -2.07. The molecule has 98 valence electrons. The summed E-state index contributed by atoms with van der Waals surface area (Å²) in [6.07, 6.45) is 0.367. The zero-order valence-corrected chi connectivity index (χ0v) is 12.3. The summed E-state index contributed by atoms with van der Waals surface area (Å²) in [6, 6.07) is 15.1. The van der Waals surface area contributed by atoms with Crippen LogP contribution in [0, 0.1) is 0 Å². The maximum Gasteiger partial charge on any atom is 0.170 e. The summed E-state index contributed by atoms with van der Waals surface area (Å²) in [7, 11) is 0. The summed E-state index contributed by atoms with van der Waals surface area (Å²) in [4.78, 5) is 12.4. The van der Waals surface area contributed by atoms with Crippen molar-refractivity contribution >= 4 is 21.7 Å². The lowest BCUT2D eigenvalue weighted by atomic mass is 10.0. The van der Waals surface area contributed by atoms with E-state index in [2.05, 4.69) is 15.9 Å². The van der Waals surface area contributed by atoms with Crippen molar-refractivity contribution in [2.24, 2.45) is 0 Å². The zero-order valence-electron chi connectivity index (χ0n) is 10.7. The van der Waals surface area contributed by atoms with Gasteiger partial charge in [-0.1, -0.05) is 46.3 Å². The highest BCUT2D eigenvalue weighted by Gasteiger charge is 2.13. The van der Waals surface area contributed by atoms with Crippen LogP contribution in [0.4, 0.5) is 0 Å². The Bertz CT molecular complexity index is 578. The second-order valence-electron chi connectivity index (χ2n) is 4.12. The van der Waals surface area contributed by atoms with E-state index in [1.54, 1.807) is 0 Å². The fraction of sp³-hybridized carbons (Fsp3) is 0.188. The first kappa shape index (κ1) is 13.8. The van der Waals surface area contributed by atoms with Gasteiger partial charge in [-0.05, 0) is 30.7 Å². The average molecular weight is 319 g/mol. The molecule has 0 spiro atoms. The van der Waals surface area contributed by atoms with E-state index in [9.17, 15) is 4.79 Å². The quantitative estimate of drug-likeness (QED) is 0.769. The van der Waals surface area contributed by atoms with Gasteiger partial charge in [0.2, 0.25) is 0 Å². The standard InChI is InChI=1S/C16H15BrO2/c1-2-19-16-10-6-4-8-13(16)15(18)11-12-7-3-5-9-14(12)17/h3-10H,2,11H2,1H3. The number of halogens is 1. The van der Waals surface area contributed by atoms with Gasteiger partial charge >= 0.3 is 0 Å². The summed E-state index contributed by atoms with van der Waals surface area (Å²) >= 11 is 3.46. The summed E-state index contributed by atoms with van der Waals surface area (Å²) in [5, 5.41) is 0. The first-order valence-corrected chi connectivity index (χ1v) is 7.00. The minimum atomic E-state index is 0.0657. The normalized spacial score (nSPS) is 10.2. The molecule has 0 unspecified atom stereocenters. The van der Waals surface area contributed by atoms with Crippen LogP contribution < -0.4 is 4.74 Å². The van der Waals surface area contributed by atoms with E-state index in [0.717, 1.165) is 10.0 Å². The van der Waals surface area contributed by atoms with Gasteiger partial charge in [0, 0.05) is 10.9 Å². The minimum Gasteiger partial charge on any atom is -0.493 e. The number of para-hydroxylation sites is 1. The molecule has 0 aliphatic heterocycles. The fourth-order valence-corrected chi connectivity index (χ4v) is 2.31. The molecule has 0 heterocycles. The largest absolute Gasteiger partial charge is 0.493 e. The predicted molar refractivity (Wildman–Crippen MR) is 79.8 cm³/mol. The Morgan fingerprint density at radius 3 is 2.53 bits per heavy atom. The number of hydrogen-bond acceptors (Lipinski definition) is 2. The summed E-state index contributed by atoms with van der Waals surface area (Å²) in [6.45, 7) is 2.47. The van der Waals surface area contributed by atoms with Gasteiger partial charge in [0.05, 0.1) is 12.2 Å². The Morgan fingerprint density at radius 1 is 1.11 bits per heavy atom. The summed E-state index contributed by atoms with van der Waals surface area (Å²) < 4.78 is 6.45. The number of carbonyl (C=O) groups is 1. The van der Waals surface area contributed by atoms with Crippen molar-refractivity contribution in [1.29, 1.82) is 0 Å². The first-order chi connectivity index (χ1) is 9.22. The molecule has 2 aromatic carbocycles. The van der Waals surface area contributed by atoms with Gasteiger partial charge < -0.3 is 4.74 Å². The molecule has 3 heteroatoms. The number of Topliss-reactive ketones (excluding diaryl/α,β-unsaturated/α-hetero) is 1. The number of hydrogen-bond donors (Lipinski definition) is 0. The number of rotatable bonds is 5. The summed E-state index contributed by atoms with van der Waals surface area (Å²) in [5.41, 5.74) is 1.62. The molecule has 0 N–H and O–H groups in total. The zero-order chi connectivity index (χ0) is 13.7. The highest BCUT2D eigenvalue weighted by molar-refractivity contribution is 9.10. The van der Waals surface area contributed by atoms with Gasteiger partial charge in [-0.15, -0.1) is 0 Å². The molecule has 0 saturated carbocycles. The van der Waals surface area contributed by atoms with Crippen LogP contribution in [0.15, 0.2) is 53.0 Å². The van der Waals surface area contributed by atoms with E-state index >= 15 is 0 Å². The second kappa shape index (κ2) is 6.53. The Balaban J connectivity index is 2.23. The van der Waals surface area contributed by atoms with Crippen LogP contribution in [0.2, 0.25) is 0 Å². The van der Waals surface area contributed by atoms with Gasteiger partial charge in [0.15, 0.2) is 5.78 Å². The molecule has 2 aromatic rings. The van der Waals surface area contributed by atoms with E-state index in [0.29, 0.717) is 24.3 Å². The maximum absolute atomic E-state index is 12.4. The lowest BCUT2D eigenvalue weighted by molar-refractivity contribution is 0.0989. The molecule has 0 aliphatic rings. The minimum absolute atomic E-state index is 0.0657. The number of ether oxygens (including phenoxy) is 1. The Morgan fingerprint density at radius 2 is 1.79 bits per heavy atom. The predicted octanol–water partition coefficient (Wildman–Crippen LogP) is 4.27. The molecule has 2 nitrogen and oxygen atoms in total. The molecule has 19 heavy (non-hydrogen) atoms. The molecular weight excluding hydrogens is 304 g/mol. The van der Waals surface area contributed by atoms with Crippen molar-refractivity contribution < 1.29 is 9.53 Å². The highest BCUT2D eigenvalue weighted by atomic mass is 79.9. The van der Waals surface area contributed by atoms with Gasteiger partial charge in [-0.25, -0.2) is 0 Å². The molecule has 2 rings (SSSR count). The molecule has 0 saturated heterocycles. The van der Waals surface area contributed by atoms with Crippen LogP contribution in [-0.2, 0) is 6.42 Å². The van der Waals surface area contributed by atoms with Crippen molar-refractivity contribution in [3.63, 3.8) is 0 Å². The van der Waals surface area contributed by atoms with Gasteiger partial charge in [0.25, 0.3) is 0 Å². The fourth-order valence-electron chi connectivity index (χ4n) is 1.89. The third-order valence-corrected chi connectivity index (χ3v) is 3.57. The average Bonchev–Trinajstić information content (AvgIpc) is 2.42. The number of carbonyl (C=O) groups excluding carboxylic acids is 1. The van der Waals surface area contributed by atoms with E-state index in [-0.39, 0.29) is 5.78 Å². The molecule has 0 aliphatic carbocycles. The van der Waals surface area contributed by atoms with E-state index < -0.39 is 0 Å². The molecule has 0 amide bonds. The number of ketones is 1. The lowest BCUT2D eigenvalue weighted by Gasteiger charge is -2.09. The monoisotopic (exact) mass is 318 g/mol. The van der Waals surface area contributed by atoms with Crippen LogP contribution in [-0.4, -0.2) is 12.4 Å². The van der Waals surface area contributed by atoms with Crippen LogP contribution >= 0.6 is 15.9 Å². The Hall–Kier alpha value is -1.61. The SMILES string of the molecule is CCOc1ccccc1C(=O)Cc1ccccc1Br. The molecule has 0 aromatic heterocycles. The maximum atomic E-state index is 12.4.